The zero-order valence-electron chi connectivity index (χ0n) is 12.1. The Balaban J connectivity index is 2.46. The summed E-state index contributed by atoms with van der Waals surface area (Å²) in [5.74, 6) is -0.552. The molecule has 2 rings (SSSR count). The van der Waals surface area contributed by atoms with Gasteiger partial charge in [0.2, 0.25) is 0 Å². The molecule has 1 N–H and O–H groups in total. The summed E-state index contributed by atoms with van der Waals surface area (Å²) in [6.07, 6.45) is 0.939. The number of benzene rings is 2. The van der Waals surface area contributed by atoms with E-state index < -0.39 is 0 Å². The van der Waals surface area contributed by atoms with Gasteiger partial charge in [-0.3, -0.25) is 0 Å². The van der Waals surface area contributed by atoms with Crippen molar-refractivity contribution in [2.24, 2.45) is 0 Å². The molecule has 2 aromatic carbocycles. The van der Waals surface area contributed by atoms with Crippen molar-refractivity contribution in [3.8, 4) is 0 Å². The second kappa shape index (κ2) is 7.14. The summed E-state index contributed by atoms with van der Waals surface area (Å²) in [7, 11) is 0. The van der Waals surface area contributed by atoms with E-state index in [-0.39, 0.29) is 17.7 Å². The smallest absolute Gasteiger partial charge is 0.129 e. The Hall–Kier alpha value is -1.26. The molecular weight excluding hydrogens is 336 g/mol. The van der Waals surface area contributed by atoms with E-state index in [1.54, 1.807) is 12.1 Å². The Morgan fingerprint density at radius 1 is 1.10 bits per heavy atom. The molecule has 0 saturated carbocycles. The molecule has 0 bridgehead atoms. The lowest BCUT2D eigenvalue weighted by Crippen LogP contribution is -2.25. The highest BCUT2D eigenvalue weighted by Gasteiger charge is 2.19. The first kappa shape index (κ1) is 16.1. The lowest BCUT2D eigenvalue weighted by atomic mass is 9.94. The first-order valence-corrected chi connectivity index (χ1v) is 7.76. The van der Waals surface area contributed by atoms with Crippen LogP contribution in [-0.2, 0) is 0 Å². The highest BCUT2D eigenvalue weighted by molar-refractivity contribution is 9.10. The lowest BCUT2D eigenvalue weighted by Gasteiger charge is -2.22. The van der Waals surface area contributed by atoms with E-state index >= 15 is 0 Å². The maximum atomic E-state index is 14.3. The van der Waals surface area contributed by atoms with Gasteiger partial charge in [0.1, 0.15) is 11.6 Å². The monoisotopic (exact) mass is 353 g/mol. The standard InChI is InChI=1S/C17H18BrF2N/c1-3-8-21-17(14-7-5-13(19)9-11(14)2)15-6-4-12(18)10-16(15)20/h4-7,9-10,17,21H,3,8H2,1-2H3. The van der Waals surface area contributed by atoms with Crippen molar-refractivity contribution >= 4 is 15.9 Å². The quantitative estimate of drug-likeness (QED) is 0.785. The summed E-state index contributed by atoms with van der Waals surface area (Å²) in [5.41, 5.74) is 2.28. The van der Waals surface area contributed by atoms with Gasteiger partial charge in [0, 0.05) is 10.0 Å². The van der Waals surface area contributed by atoms with E-state index in [1.165, 1.54) is 18.2 Å². The minimum atomic E-state index is -0.279. The average Bonchev–Trinajstić information content (AvgIpc) is 2.42. The van der Waals surface area contributed by atoms with Gasteiger partial charge in [-0.1, -0.05) is 35.0 Å². The Bertz CT molecular complexity index is 577. The van der Waals surface area contributed by atoms with Gasteiger partial charge >= 0.3 is 0 Å². The van der Waals surface area contributed by atoms with E-state index in [9.17, 15) is 8.78 Å². The predicted molar refractivity (Wildman–Crippen MR) is 85.4 cm³/mol. The van der Waals surface area contributed by atoms with Crippen LogP contribution in [0.15, 0.2) is 40.9 Å². The summed E-state index contributed by atoms with van der Waals surface area (Å²) in [5, 5.41) is 3.34. The van der Waals surface area contributed by atoms with Crippen molar-refractivity contribution in [2.75, 3.05) is 6.54 Å². The van der Waals surface area contributed by atoms with Crippen molar-refractivity contribution in [2.45, 2.75) is 26.3 Å². The Morgan fingerprint density at radius 3 is 2.43 bits per heavy atom. The SMILES string of the molecule is CCCNC(c1ccc(F)cc1C)c1ccc(Br)cc1F. The van der Waals surface area contributed by atoms with Crippen molar-refractivity contribution in [3.05, 3.63) is 69.2 Å². The molecule has 0 heterocycles. The zero-order valence-corrected chi connectivity index (χ0v) is 13.7. The first-order chi connectivity index (χ1) is 10.0. The Kier molecular flexibility index (Phi) is 5.48. The van der Waals surface area contributed by atoms with Gasteiger partial charge in [-0.15, -0.1) is 0 Å². The highest BCUT2D eigenvalue weighted by atomic mass is 79.9. The molecule has 4 heteroatoms. The Labute approximate surface area is 132 Å². The number of hydrogen-bond donors (Lipinski definition) is 1. The summed E-state index contributed by atoms with van der Waals surface area (Å²) in [6, 6.07) is 9.37. The van der Waals surface area contributed by atoms with E-state index in [0.29, 0.717) is 10.0 Å². The van der Waals surface area contributed by atoms with E-state index in [0.717, 1.165) is 24.1 Å². The van der Waals surface area contributed by atoms with Crippen LogP contribution >= 0.6 is 15.9 Å². The second-order valence-corrected chi connectivity index (χ2v) is 5.97. The van der Waals surface area contributed by atoms with Crippen LogP contribution in [-0.4, -0.2) is 6.54 Å². The molecule has 21 heavy (non-hydrogen) atoms. The lowest BCUT2D eigenvalue weighted by molar-refractivity contribution is 0.543. The van der Waals surface area contributed by atoms with Crippen LogP contribution in [0, 0.1) is 18.6 Å². The van der Waals surface area contributed by atoms with Crippen LogP contribution in [0.4, 0.5) is 8.78 Å². The molecule has 1 atom stereocenters. The average molecular weight is 354 g/mol. The maximum Gasteiger partial charge on any atom is 0.129 e. The van der Waals surface area contributed by atoms with E-state index in [4.69, 9.17) is 0 Å². The first-order valence-electron chi connectivity index (χ1n) is 6.97. The third-order valence-corrected chi connectivity index (χ3v) is 3.91. The fraction of sp³-hybridized carbons (Fsp3) is 0.294. The molecular formula is C17H18BrF2N. The van der Waals surface area contributed by atoms with Crippen molar-refractivity contribution in [3.63, 3.8) is 0 Å². The predicted octanol–water partition coefficient (Wildman–Crippen LogP) is 5.12. The second-order valence-electron chi connectivity index (χ2n) is 5.05. The molecule has 112 valence electrons. The molecule has 0 radical (unpaired) electrons. The summed E-state index contributed by atoms with van der Waals surface area (Å²) < 4.78 is 28.3. The van der Waals surface area contributed by atoms with Crippen LogP contribution < -0.4 is 5.32 Å². The molecule has 1 nitrogen and oxygen atoms in total. The minimum absolute atomic E-state index is 0.276. The van der Waals surface area contributed by atoms with Gasteiger partial charge in [0.25, 0.3) is 0 Å². The van der Waals surface area contributed by atoms with Crippen LogP contribution in [0.2, 0.25) is 0 Å². The topological polar surface area (TPSA) is 12.0 Å². The third kappa shape index (κ3) is 3.89. The zero-order chi connectivity index (χ0) is 15.4. The van der Waals surface area contributed by atoms with Gasteiger partial charge in [-0.2, -0.15) is 0 Å². The maximum absolute atomic E-state index is 14.3. The number of aryl methyl sites for hydroxylation is 1. The largest absolute Gasteiger partial charge is 0.306 e. The van der Waals surface area contributed by atoms with Crippen molar-refractivity contribution in [1.82, 2.24) is 5.32 Å². The molecule has 0 aliphatic rings. The minimum Gasteiger partial charge on any atom is -0.306 e. The van der Waals surface area contributed by atoms with Crippen molar-refractivity contribution in [1.29, 1.82) is 0 Å². The molecule has 0 fully saturated rings. The van der Waals surface area contributed by atoms with Crippen LogP contribution in [0.5, 0.6) is 0 Å². The third-order valence-electron chi connectivity index (χ3n) is 3.41. The fourth-order valence-corrected chi connectivity index (χ4v) is 2.71. The number of halogens is 3. The molecule has 1 unspecified atom stereocenters. The summed E-state index contributed by atoms with van der Waals surface area (Å²) in [6.45, 7) is 4.66. The van der Waals surface area contributed by atoms with Crippen LogP contribution in [0.25, 0.3) is 0 Å². The molecule has 0 amide bonds. The van der Waals surface area contributed by atoms with E-state index in [2.05, 4.69) is 28.2 Å². The van der Waals surface area contributed by atoms with Gasteiger partial charge in [-0.05, 0) is 55.3 Å². The van der Waals surface area contributed by atoms with Crippen molar-refractivity contribution < 1.29 is 8.78 Å². The van der Waals surface area contributed by atoms with Crippen LogP contribution in [0.1, 0.15) is 36.1 Å². The van der Waals surface area contributed by atoms with Crippen LogP contribution in [0.3, 0.4) is 0 Å². The molecule has 0 aliphatic heterocycles. The normalized spacial score (nSPS) is 12.4. The molecule has 0 spiro atoms. The number of nitrogens with one attached hydrogen (secondary N) is 1. The van der Waals surface area contributed by atoms with Gasteiger partial charge in [-0.25, -0.2) is 8.78 Å². The molecule has 2 aromatic rings. The molecule has 0 saturated heterocycles. The number of rotatable bonds is 5. The number of hydrogen-bond acceptors (Lipinski definition) is 1. The van der Waals surface area contributed by atoms with Gasteiger partial charge in [0.05, 0.1) is 6.04 Å². The summed E-state index contributed by atoms with van der Waals surface area (Å²) in [4.78, 5) is 0. The van der Waals surface area contributed by atoms with E-state index in [1.807, 2.05) is 13.0 Å². The summed E-state index contributed by atoms with van der Waals surface area (Å²) >= 11 is 3.27. The molecule has 0 aliphatic carbocycles. The molecule has 0 aromatic heterocycles. The van der Waals surface area contributed by atoms with Gasteiger partial charge < -0.3 is 5.32 Å². The highest BCUT2D eigenvalue weighted by Crippen LogP contribution is 2.29. The van der Waals surface area contributed by atoms with Gasteiger partial charge in [0.15, 0.2) is 0 Å². The Morgan fingerprint density at radius 2 is 1.81 bits per heavy atom. The fourth-order valence-electron chi connectivity index (χ4n) is 2.37.